The molecule has 0 aliphatic rings. The predicted octanol–water partition coefficient (Wildman–Crippen LogP) is 2.88. The third-order valence-electron chi connectivity index (χ3n) is 1.92. The average Bonchev–Trinajstić information content (AvgIpc) is 2.70. The minimum atomic E-state index is -0.600. The number of aryl methyl sites for hydroxylation is 1. The molecule has 6 heteroatoms. The lowest BCUT2D eigenvalue weighted by atomic mass is 10.4. The lowest BCUT2D eigenvalue weighted by Gasteiger charge is -2.02. The second-order valence-corrected chi connectivity index (χ2v) is 3.51. The monoisotopic (exact) mass is 241 g/mol. The molecule has 0 saturated heterocycles. The molecule has 0 fully saturated rings. The SMILES string of the molecule is CCn1cc(Oc2ncc(Cl)cc2F)cn1. The Balaban J connectivity index is 2.20. The van der Waals surface area contributed by atoms with Gasteiger partial charge in [0.15, 0.2) is 11.6 Å². The van der Waals surface area contributed by atoms with E-state index in [1.165, 1.54) is 12.4 Å². The minimum absolute atomic E-state index is 0.111. The van der Waals surface area contributed by atoms with Gasteiger partial charge in [-0.15, -0.1) is 0 Å². The molecular formula is C10H9ClFN3O. The van der Waals surface area contributed by atoms with Crippen molar-refractivity contribution in [2.24, 2.45) is 0 Å². The normalized spacial score (nSPS) is 10.4. The number of hydrogen-bond acceptors (Lipinski definition) is 3. The summed E-state index contributed by atoms with van der Waals surface area (Å²) in [4.78, 5) is 3.74. The minimum Gasteiger partial charge on any atom is -0.433 e. The van der Waals surface area contributed by atoms with Crippen molar-refractivity contribution in [1.29, 1.82) is 0 Å². The summed E-state index contributed by atoms with van der Waals surface area (Å²) in [5.74, 6) is -0.271. The largest absolute Gasteiger partial charge is 0.433 e. The summed E-state index contributed by atoms with van der Waals surface area (Å²) in [5.41, 5.74) is 0. The Morgan fingerprint density at radius 3 is 2.94 bits per heavy atom. The van der Waals surface area contributed by atoms with Crippen LogP contribution in [0, 0.1) is 5.82 Å². The van der Waals surface area contributed by atoms with Crippen LogP contribution in [0.15, 0.2) is 24.7 Å². The van der Waals surface area contributed by atoms with Gasteiger partial charge in [0, 0.05) is 12.7 Å². The summed E-state index contributed by atoms with van der Waals surface area (Å²) >= 11 is 5.57. The van der Waals surface area contributed by atoms with Crippen LogP contribution in [0.25, 0.3) is 0 Å². The topological polar surface area (TPSA) is 39.9 Å². The zero-order valence-corrected chi connectivity index (χ0v) is 9.28. The molecule has 0 aromatic carbocycles. The molecule has 0 saturated carbocycles. The van der Waals surface area contributed by atoms with E-state index in [1.54, 1.807) is 10.9 Å². The molecular weight excluding hydrogens is 233 g/mol. The first-order valence-corrected chi connectivity index (χ1v) is 5.08. The molecule has 0 bridgehead atoms. The van der Waals surface area contributed by atoms with E-state index >= 15 is 0 Å². The number of rotatable bonds is 3. The van der Waals surface area contributed by atoms with Gasteiger partial charge in [-0.3, -0.25) is 4.68 Å². The van der Waals surface area contributed by atoms with Crippen LogP contribution in [0.4, 0.5) is 4.39 Å². The second kappa shape index (κ2) is 4.49. The van der Waals surface area contributed by atoms with Crippen molar-refractivity contribution in [3.05, 3.63) is 35.5 Å². The van der Waals surface area contributed by atoms with Gasteiger partial charge in [0.05, 0.1) is 17.4 Å². The molecule has 0 aliphatic carbocycles. The van der Waals surface area contributed by atoms with Gasteiger partial charge in [-0.1, -0.05) is 11.6 Å². The molecule has 0 atom stereocenters. The van der Waals surface area contributed by atoms with Crippen LogP contribution >= 0.6 is 11.6 Å². The van der Waals surface area contributed by atoms with Crippen molar-refractivity contribution in [1.82, 2.24) is 14.8 Å². The van der Waals surface area contributed by atoms with Crippen molar-refractivity contribution in [2.45, 2.75) is 13.5 Å². The first kappa shape index (κ1) is 10.9. The van der Waals surface area contributed by atoms with Gasteiger partial charge in [-0.25, -0.2) is 9.37 Å². The van der Waals surface area contributed by atoms with Gasteiger partial charge in [0.25, 0.3) is 5.88 Å². The third kappa shape index (κ3) is 2.30. The summed E-state index contributed by atoms with van der Waals surface area (Å²) < 4.78 is 20.2. The maximum atomic E-state index is 13.3. The van der Waals surface area contributed by atoms with Crippen molar-refractivity contribution in [2.75, 3.05) is 0 Å². The van der Waals surface area contributed by atoms with Gasteiger partial charge < -0.3 is 4.74 Å². The summed E-state index contributed by atoms with van der Waals surface area (Å²) in [6, 6.07) is 1.15. The number of ether oxygens (including phenoxy) is 1. The Labute approximate surface area is 96.6 Å². The molecule has 2 aromatic rings. The van der Waals surface area contributed by atoms with E-state index in [0.717, 1.165) is 12.6 Å². The Kier molecular flexibility index (Phi) is 3.05. The maximum Gasteiger partial charge on any atom is 0.256 e. The van der Waals surface area contributed by atoms with Crippen LogP contribution in [0.3, 0.4) is 0 Å². The van der Waals surface area contributed by atoms with Gasteiger partial charge in [-0.2, -0.15) is 5.10 Å². The molecule has 0 N–H and O–H groups in total. The van der Waals surface area contributed by atoms with E-state index in [-0.39, 0.29) is 10.9 Å². The van der Waals surface area contributed by atoms with Gasteiger partial charge >= 0.3 is 0 Å². The Morgan fingerprint density at radius 2 is 2.31 bits per heavy atom. The van der Waals surface area contributed by atoms with E-state index in [0.29, 0.717) is 5.75 Å². The average molecular weight is 242 g/mol. The molecule has 0 spiro atoms. The lowest BCUT2D eigenvalue weighted by Crippen LogP contribution is -1.93. The summed E-state index contributed by atoms with van der Waals surface area (Å²) in [5, 5.41) is 4.22. The third-order valence-corrected chi connectivity index (χ3v) is 2.13. The van der Waals surface area contributed by atoms with Crippen molar-refractivity contribution >= 4 is 11.6 Å². The smallest absolute Gasteiger partial charge is 0.256 e. The summed E-state index contributed by atoms with van der Waals surface area (Å²) in [6.45, 7) is 2.66. The second-order valence-electron chi connectivity index (χ2n) is 3.07. The van der Waals surface area contributed by atoms with Crippen LogP contribution in [-0.4, -0.2) is 14.8 Å². The quantitative estimate of drug-likeness (QED) is 0.830. The fourth-order valence-corrected chi connectivity index (χ4v) is 1.30. The molecule has 0 aliphatic heterocycles. The number of hydrogen-bond donors (Lipinski definition) is 0. The van der Waals surface area contributed by atoms with Crippen molar-refractivity contribution < 1.29 is 9.13 Å². The van der Waals surface area contributed by atoms with Crippen LogP contribution in [-0.2, 0) is 6.54 Å². The highest BCUT2D eigenvalue weighted by atomic mass is 35.5. The number of pyridine rings is 1. The first-order valence-electron chi connectivity index (χ1n) is 4.70. The predicted molar refractivity (Wildman–Crippen MR) is 57.2 cm³/mol. The van der Waals surface area contributed by atoms with E-state index in [4.69, 9.17) is 16.3 Å². The number of halogens is 2. The molecule has 0 unspecified atom stereocenters. The molecule has 84 valence electrons. The fraction of sp³-hybridized carbons (Fsp3) is 0.200. The van der Waals surface area contributed by atoms with Crippen LogP contribution < -0.4 is 4.74 Å². The van der Waals surface area contributed by atoms with E-state index in [9.17, 15) is 4.39 Å². The molecule has 2 rings (SSSR count). The Bertz CT molecular complexity index is 501. The van der Waals surface area contributed by atoms with E-state index in [1.807, 2.05) is 6.92 Å². The lowest BCUT2D eigenvalue weighted by molar-refractivity contribution is 0.422. The summed E-state index contributed by atoms with van der Waals surface area (Å²) in [6.07, 6.45) is 4.49. The van der Waals surface area contributed by atoms with Crippen LogP contribution in [0.5, 0.6) is 11.6 Å². The summed E-state index contributed by atoms with van der Waals surface area (Å²) in [7, 11) is 0. The highest BCUT2D eigenvalue weighted by molar-refractivity contribution is 6.30. The molecule has 2 aromatic heterocycles. The molecule has 0 radical (unpaired) electrons. The fourth-order valence-electron chi connectivity index (χ4n) is 1.16. The van der Waals surface area contributed by atoms with E-state index in [2.05, 4.69) is 10.1 Å². The number of aromatic nitrogens is 3. The van der Waals surface area contributed by atoms with Gasteiger partial charge in [-0.05, 0) is 13.0 Å². The van der Waals surface area contributed by atoms with Crippen molar-refractivity contribution in [3.63, 3.8) is 0 Å². The molecule has 2 heterocycles. The van der Waals surface area contributed by atoms with E-state index < -0.39 is 5.82 Å². The van der Waals surface area contributed by atoms with Crippen molar-refractivity contribution in [3.8, 4) is 11.6 Å². The standard InChI is InChI=1S/C10H9ClFN3O/c1-2-15-6-8(5-14-15)16-10-9(12)3-7(11)4-13-10/h3-6H,2H2,1H3. The number of nitrogens with zero attached hydrogens (tertiary/aromatic N) is 3. The molecule has 4 nitrogen and oxygen atoms in total. The van der Waals surface area contributed by atoms with Crippen LogP contribution in [0.1, 0.15) is 6.92 Å². The zero-order chi connectivity index (χ0) is 11.5. The molecule has 0 amide bonds. The highest BCUT2D eigenvalue weighted by Crippen LogP contribution is 2.23. The highest BCUT2D eigenvalue weighted by Gasteiger charge is 2.08. The molecule has 16 heavy (non-hydrogen) atoms. The van der Waals surface area contributed by atoms with Gasteiger partial charge in [0.1, 0.15) is 0 Å². The zero-order valence-electron chi connectivity index (χ0n) is 8.52. The van der Waals surface area contributed by atoms with Gasteiger partial charge in [0.2, 0.25) is 0 Å². The Morgan fingerprint density at radius 1 is 1.50 bits per heavy atom. The Hall–Kier alpha value is -1.62. The van der Waals surface area contributed by atoms with Crippen LogP contribution in [0.2, 0.25) is 5.02 Å². The first-order chi connectivity index (χ1) is 7.69. The maximum absolute atomic E-state index is 13.3.